The number of nitrogen functional groups attached to an aromatic ring is 2. The van der Waals surface area contributed by atoms with Crippen LogP contribution in [0.4, 0.5) is 16.2 Å². The predicted molar refractivity (Wildman–Crippen MR) is 58.3 cm³/mol. The van der Waals surface area contributed by atoms with Crippen LogP contribution < -0.4 is 27.3 Å². The van der Waals surface area contributed by atoms with Gasteiger partial charge in [0.25, 0.3) is 0 Å². The molecule has 0 radical (unpaired) electrons. The van der Waals surface area contributed by atoms with Crippen LogP contribution in [0.25, 0.3) is 0 Å². The van der Waals surface area contributed by atoms with Crippen molar-refractivity contribution < 1.29 is 9.53 Å². The third kappa shape index (κ3) is 3.63. The Labute approximate surface area is 87.4 Å². The molecule has 0 bridgehead atoms. The zero-order chi connectivity index (χ0) is 11.3. The maximum Gasteiger partial charge on any atom is 0.312 e. The molecule has 6 nitrogen and oxygen atoms in total. The molecule has 0 heterocycles. The molecule has 15 heavy (non-hydrogen) atoms. The minimum atomic E-state index is -0.584. The van der Waals surface area contributed by atoms with E-state index in [2.05, 4.69) is 5.32 Å². The van der Waals surface area contributed by atoms with Crippen LogP contribution in [0.1, 0.15) is 0 Å². The first kappa shape index (κ1) is 11.0. The molecule has 0 aliphatic carbocycles. The molecule has 0 saturated heterocycles. The number of hydrogen-bond acceptors (Lipinski definition) is 4. The first-order chi connectivity index (χ1) is 7.09. The van der Waals surface area contributed by atoms with Crippen molar-refractivity contribution in [3.05, 3.63) is 18.2 Å². The number of anilines is 2. The van der Waals surface area contributed by atoms with Gasteiger partial charge >= 0.3 is 6.03 Å². The van der Waals surface area contributed by atoms with E-state index in [0.717, 1.165) is 0 Å². The van der Waals surface area contributed by atoms with E-state index in [4.69, 9.17) is 21.9 Å². The summed E-state index contributed by atoms with van der Waals surface area (Å²) in [6, 6.07) is 4.38. The van der Waals surface area contributed by atoms with Crippen molar-refractivity contribution in [3.63, 3.8) is 0 Å². The Kier molecular flexibility index (Phi) is 3.61. The molecule has 0 spiro atoms. The fourth-order valence-corrected chi connectivity index (χ4v) is 1.01. The van der Waals surface area contributed by atoms with Gasteiger partial charge in [0, 0.05) is 11.8 Å². The number of carbonyl (C=O) groups is 1. The van der Waals surface area contributed by atoms with Crippen LogP contribution in [0.2, 0.25) is 0 Å². The maximum atomic E-state index is 10.3. The Balaban J connectivity index is 2.43. The molecule has 0 aliphatic rings. The number of hydrogen-bond donors (Lipinski definition) is 4. The lowest BCUT2D eigenvalue weighted by atomic mass is 10.2. The van der Waals surface area contributed by atoms with Gasteiger partial charge in [0.05, 0.1) is 12.2 Å². The zero-order valence-corrected chi connectivity index (χ0v) is 8.19. The molecule has 0 atom stereocenters. The average Bonchev–Trinajstić information content (AvgIpc) is 2.17. The van der Waals surface area contributed by atoms with Gasteiger partial charge in [0.15, 0.2) is 0 Å². The highest BCUT2D eigenvalue weighted by Crippen LogP contribution is 2.23. The van der Waals surface area contributed by atoms with Crippen molar-refractivity contribution >= 4 is 17.4 Å². The van der Waals surface area contributed by atoms with Gasteiger partial charge in [0.2, 0.25) is 0 Å². The van der Waals surface area contributed by atoms with Crippen molar-refractivity contribution in [2.75, 3.05) is 24.6 Å². The standard InChI is InChI=1S/C9H14N4O2/c10-6-1-2-7(11)8(5-6)15-4-3-13-9(12)14/h1-2,5H,3-4,10-11H2,(H3,12,13,14). The van der Waals surface area contributed by atoms with Crippen molar-refractivity contribution in [1.82, 2.24) is 5.32 Å². The Morgan fingerprint density at radius 3 is 2.80 bits per heavy atom. The molecular weight excluding hydrogens is 196 g/mol. The first-order valence-corrected chi connectivity index (χ1v) is 4.40. The van der Waals surface area contributed by atoms with Gasteiger partial charge in [-0.05, 0) is 12.1 Å². The van der Waals surface area contributed by atoms with Crippen molar-refractivity contribution in [1.29, 1.82) is 0 Å². The summed E-state index contributed by atoms with van der Waals surface area (Å²) < 4.78 is 5.29. The third-order valence-corrected chi connectivity index (χ3v) is 1.70. The summed E-state index contributed by atoms with van der Waals surface area (Å²) in [6.45, 7) is 0.611. The number of rotatable bonds is 4. The Morgan fingerprint density at radius 1 is 1.40 bits per heavy atom. The molecule has 0 saturated carbocycles. The fourth-order valence-electron chi connectivity index (χ4n) is 1.01. The average molecular weight is 210 g/mol. The number of nitrogens with two attached hydrogens (primary N) is 3. The summed E-state index contributed by atoms with van der Waals surface area (Å²) in [6.07, 6.45) is 0. The predicted octanol–water partition coefficient (Wildman–Crippen LogP) is -0.102. The van der Waals surface area contributed by atoms with Gasteiger partial charge in [-0.2, -0.15) is 0 Å². The summed E-state index contributed by atoms with van der Waals surface area (Å²) in [5, 5.41) is 2.39. The molecule has 0 aromatic heterocycles. The summed E-state index contributed by atoms with van der Waals surface area (Å²) in [5.74, 6) is 0.501. The molecule has 0 fully saturated rings. The van der Waals surface area contributed by atoms with Gasteiger partial charge in [0.1, 0.15) is 12.4 Å². The van der Waals surface area contributed by atoms with Gasteiger partial charge in [-0.3, -0.25) is 0 Å². The van der Waals surface area contributed by atoms with Crippen LogP contribution >= 0.6 is 0 Å². The topological polar surface area (TPSA) is 116 Å². The van der Waals surface area contributed by atoms with E-state index in [1.807, 2.05) is 0 Å². The summed E-state index contributed by atoms with van der Waals surface area (Å²) in [4.78, 5) is 10.3. The molecule has 2 amide bonds. The van der Waals surface area contributed by atoms with E-state index in [0.29, 0.717) is 23.7 Å². The van der Waals surface area contributed by atoms with Crippen LogP contribution in [-0.4, -0.2) is 19.2 Å². The molecule has 1 rings (SSSR count). The van der Waals surface area contributed by atoms with E-state index < -0.39 is 6.03 Å². The van der Waals surface area contributed by atoms with Crippen LogP contribution in [0.5, 0.6) is 5.75 Å². The minimum absolute atomic E-state index is 0.288. The SMILES string of the molecule is NC(=O)NCCOc1cc(N)ccc1N. The highest BCUT2D eigenvalue weighted by molar-refractivity contribution is 5.71. The Bertz CT molecular complexity index is 354. The van der Waals surface area contributed by atoms with Crippen LogP contribution in [0, 0.1) is 0 Å². The minimum Gasteiger partial charge on any atom is -0.490 e. The van der Waals surface area contributed by atoms with Gasteiger partial charge in [-0.15, -0.1) is 0 Å². The van der Waals surface area contributed by atoms with E-state index in [-0.39, 0.29) is 6.61 Å². The van der Waals surface area contributed by atoms with Gasteiger partial charge in [-0.1, -0.05) is 0 Å². The van der Waals surface area contributed by atoms with Gasteiger partial charge in [-0.25, -0.2) is 4.79 Å². The largest absolute Gasteiger partial charge is 0.490 e. The maximum absolute atomic E-state index is 10.3. The fraction of sp³-hybridized carbons (Fsp3) is 0.222. The second-order valence-corrected chi connectivity index (χ2v) is 2.94. The van der Waals surface area contributed by atoms with Crippen LogP contribution in [0.15, 0.2) is 18.2 Å². The normalized spacial score (nSPS) is 9.60. The highest BCUT2D eigenvalue weighted by Gasteiger charge is 2.00. The van der Waals surface area contributed by atoms with E-state index >= 15 is 0 Å². The van der Waals surface area contributed by atoms with Crippen molar-refractivity contribution in [2.24, 2.45) is 5.73 Å². The molecule has 1 aromatic carbocycles. The van der Waals surface area contributed by atoms with Crippen molar-refractivity contribution in [3.8, 4) is 5.75 Å². The lowest BCUT2D eigenvalue weighted by Gasteiger charge is -2.09. The van der Waals surface area contributed by atoms with Crippen LogP contribution in [0.3, 0.4) is 0 Å². The molecule has 82 valence electrons. The Morgan fingerprint density at radius 2 is 2.13 bits per heavy atom. The molecular formula is C9H14N4O2. The van der Waals surface area contributed by atoms with Gasteiger partial charge < -0.3 is 27.3 Å². The number of carbonyl (C=O) groups excluding carboxylic acids is 1. The lowest BCUT2D eigenvalue weighted by molar-refractivity contribution is 0.244. The third-order valence-electron chi connectivity index (χ3n) is 1.70. The monoisotopic (exact) mass is 210 g/mol. The lowest BCUT2D eigenvalue weighted by Crippen LogP contribution is -2.32. The van der Waals surface area contributed by atoms with Crippen LogP contribution in [-0.2, 0) is 0 Å². The number of urea groups is 1. The molecule has 1 aromatic rings. The quantitative estimate of drug-likeness (QED) is 0.410. The molecule has 6 heteroatoms. The molecule has 7 N–H and O–H groups in total. The molecule has 0 unspecified atom stereocenters. The van der Waals surface area contributed by atoms with E-state index in [1.165, 1.54) is 0 Å². The number of nitrogens with one attached hydrogen (secondary N) is 1. The second-order valence-electron chi connectivity index (χ2n) is 2.94. The number of primary amides is 1. The second kappa shape index (κ2) is 4.94. The van der Waals surface area contributed by atoms with E-state index in [9.17, 15) is 4.79 Å². The van der Waals surface area contributed by atoms with Crippen molar-refractivity contribution in [2.45, 2.75) is 0 Å². The Hall–Kier alpha value is -2.11. The molecule has 0 aliphatic heterocycles. The number of amides is 2. The first-order valence-electron chi connectivity index (χ1n) is 4.40. The number of ether oxygens (including phenoxy) is 1. The summed E-state index contributed by atoms with van der Waals surface area (Å²) in [7, 11) is 0. The highest BCUT2D eigenvalue weighted by atomic mass is 16.5. The smallest absolute Gasteiger partial charge is 0.312 e. The summed E-state index contributed by atoms with van der Waals surface area (Å²) >= 11 is 0. The van der Waals surface area contributed by atoms with E-state index in [1.54, 1.807) is 18.2 Å². The number of benzene rings is 1. The summed E-state index contributed by atoms with van der Waals surface area (Å²) in [5.41, 5.74) is 17.1. The zero-order valence-electron chi connectivity index (χ0n) is 8.19.